The van der Waals surface area contributed by atoms with Crippen molar-refractivity contribution in [1.29, 1.82) is 0 Å². The third-order valence-corrected chi connectivity index (χ3v) is 4.74. The predicted octanol–water partition coefficient (Wildman–Crippen LogP) is 2.02. The number of aromatic amines is 1. The topological polar surface area (TPSA) is 91.0 Å². The van der Waals surface area contributed by atoms with Crippen LogP contribution in [0.4, 0.5) is 5.82 Å². The van der Waals surface area contributed by atoms with E-state index in [0.717, 1.165) is 30.9 Å². The smallest absolute Gasteiger partial charge is 0.268 e. The largest absolute Gasteiger partial charge is 0.354 e. The molecule has 0 bridgehead atoms. The average molecular weight is 341 g/mol. The molecule has 0 aliphatic carbocycles. The van der Waals surface area contributed by atoms with Crippen molar-refractivity contribution in [3.05, 3.63) is 40.8 Å². The monoisotopic (exact) mass is 341 g/mol. The Morgan fingerprint density at radius 2 is 2.20 bits per heavy atom. The number of Topliss-reactive ketones (excluding diaryl/α,β-unsaturated/α-hetero) is 1. The lowest BCUT2D eigenvalue weighted by molar-refractivity contribution is 0.0946. The van der Waals surface area contributed by atoms with Gasteiger partial charge in [0.2, 0.25) is 0 Å². The molecule has 3 rings (SSSR count). The molecule has 132 valence electrons. The third-order valence-electron chi connectivity index (χ3n) is 4.74. The minimum Gasteiger partial charge on any atom is -0.354 e. The van der Waals surface area contributed by atoms with Crippen molar-refractivity contribution in [2.75, 3.05) is 18.0 Å². The van der Waals surface area contributed by atoms with Gasteiger partial charge in [0.15, 0.2) is 11.6 Å². The van der Waals surface area contributed by atoms with E-state index in [4.69, 9.17) is 0 Å². The van der Waals surface area contributed by atoms with Crippen LogP contribution < -0.4 is 10.2 Å². The molecule has 1 amide bonds. The van der Waals surface area contributed by atoms with Gasteiger partial charge in [-0.2, -0.15) is 5.10 Å². The number of H-pyrrole nitrogens is 1. The van der Waals surface area contributed by atoms with Crippen molar-refractivity contribution in [1.82, 2.24) is 20.5 Å². The Morgan fingerprint density at radius 1 is 1.40 bits per heavy atom. The summed E-state index contributed by atoms with van der Waals surface area (Å²) >= 11 is 0. The highest BCUT2D eigenvalue weighted by atomic mass is 16.2. The maximum Gasteiger partial charge on any atom is 0.268 e. The Balaban J connectivity index is 1.68. The molecule has 25 heavy (non-hydrogen) atoms. The van der Waals surface area contributed by atoms with Crippen LogP contribution in [0, 0.1) is 13.8 Å². The van der Waals surface area contributed by atoms with Crippen LogP contribution in [-0.4, -0.2) is 46.0 Å². The molecule has 0 unspecified atom stereocenters. The van der Waals surface area contributed by atoms with E-state index in [1.165, 1.54) is 6.92 Å². The van der Waals surface area contributed by atoms with Gasteiger partial charge in [-0.3, -0.25) is 9.59 Å². The first-order valence-electron chi connectivity index (χ1n) is 8.51. The highest BCUT2D eigenvalue weighted by Crippen LogP contribution is 2.23. The number of hydrogen-bond donors (Lipinski definition) is 2. The fraction of sp³-hybridized carbons (Fsp3) is 0.444. The third kappa shape index (κ3) is 3.40. The maximum atomic E-state index is 12.6. The van der Waals surface area contributed by atoms with E-state index in [-0.39, 0.29) is 17.7 Å². The highest BCUT2D eigenvalue weighted by Gasteiger charge is 2.27. The van der Waals surface area contributed by atoms with Crippen LogP contribution in [0.25, 0.3) is 0 Å². The average Bonchev–Trinajstić information content (AvgIpc) is 3.17. The molecular formula is C18H23N5O2. The standard InChI is InChI=1S/C18H23N5O2/c1-11-16(13(3)24)12(2)21-17(11)18(25)19-10-14-6-5-9-23(14)15-7-4-8-20-22-15/h4,7-8,14,21H,5-6,9-10H2,1-3H3,(H,19,25)/t14-/m0/s1. The lowest BCUT2D eigenvalue weighted by Gasteiger charge is -2.25. The molecule has 2 aromatic heterocycles. The Kier molecular flexibility index (Phi) is 4.83. The van der Waals surface area contributed by atoms with Crippen molar-refractivity contribution in [3.8, 4) is 0 Å². The molecule has 1 atom stereocenters. The first kappa shape index (κ1) is 17.1. The number of hydrogen-bond acceptors (Lipinski definition) is 5. The number of carbonyl (C=O) groups excluding carboxylic acids is 2. The molecule has 0 saturated carbocycles. The van der Waals surface area contributed by atoms with E-state index in [9.17, 15) is 9.59 Å². The number of aryl methyl sites for hydroxylation is 1. The summed E-state index contributed by atoms with van der Waals surface area (Å²) in [6.45, 7) is 6.57. The quantitative estimate of drug-likeness (QED) is 0.812. The number of carbonyl (C=O) groups is 2. The Bertz CT molecular complexity index is 784. The van der Waals surface area contributed by atoms with Gasteiger partial charge in [0.05, 0.1) is 0 Å². The maximum absolute atomic E-state index is 12.6. The van der Waals surface area contributed by atoms with Crippen LogP contribution in [0.3, 0.4) is 0 Å². The van der Waals surface area contributed by atoms with Gasteiger partial charge in [0.25, 0.3) is 5.91 Å². The molecule has 0 radical (unpaired) electrons. The summed E-state index contributed by atoms with van der Waals surface area (Å²) in [6.07, 6.45) is 3.71. The number of nitrogens with zero attached hydrogens (tertiary/aromatic N) is 3. The Morgan fingerprint density at radius 3 is 2.84 bits per heavy atom. The van der Waals surface area contributed by atoms with E-state index in [2.05, 4.69) is 25.4 Å². The molecule has 0 aromatic carbocycles. The summed E-state index contributed by atoms with van der Waals surface area (Å²) in [4.78, 5) is 29.5. The number of anilines is 1. The second-order valence-electron chi connectivity index (χ2n) is 6.46. The van der Waals surface area contributed by atoms with Crippen molar-refractivity contribution in [2.45, 2.75) is 39.7 Å². The van der Waals surface area contributed by atoms with E-state index in [0.29, 0.717) is 23.4 Å². The number of ketones is 1. The molecule has 1 aliphatic rings. The van der Waals surface area contributed by atoms with Gasteiger partial charge >= 0.3 is 0 Å². The van der Waals surface area contributed by atoms with Gasteiger partial charge in [0.1, 0.15) is 5.69 Å². The van der Waals surface area contributed by atoms with Crippen LogP contribution in [0.2, 0.25) is 0 Å². The fourth-order valence-corrected chi connectivity index (χ4v) is 3.60. The van der Waals surface area contributed by atoms with Gasteiger partial charge in [-0.25, -0.2) is 0 Å². The number of amides is 1. The Labute approximate surface area is 146 Å². The molecule has 3 heterocycles. The molecule has 2 N–H and O–H groups in total. The van der Waals surface area contributed by atoms with Crippen molar-refractivity contribution in [2.24, 2.45) is 0 Å². The van der Waals surface area contributed by atoms with E-state index in [1.54, 1.807) is 13.1 Å². The second-order valence-corrected chi connectivity index (χ2v) is 6.46. The minimum atomic E-state index is -0.181. The minimum absolute atomic E-state index is 0.0325. The summed E-state index contributed by atoms with van der Waals surface area (Å²) in [6, 6.07) is 4.00. The van der Waals surface area contributed by atoms with E-state index in [1.807, 2.05) is 19.1 Å². The first-order valence-corrected chi connectivity index (χ1v) is 8.51. The summed E-state index contributed by atoms with van der Waals surface area (Å²) in [5, 5.41) is 11.1. The zero-order chi connectivity index (χ0) is 18.0. The van der Waals surface area contributed by atoms with Gasteiger partial charge in [0, 0.05) is 36.6 Å². The molecule has 1 aliphatic heterocycles. The fourth-order valence-electron chi connectivity index (χ4n) is 3.60. The predicted molar refractivity (Wildman–Crippen MR) is 95.0 cm³/mol. The number of rotatable bonds is 5. The number of nitrogens with one attached hydrogen (secondary N) is 2. The van der Waals surface area contributed by atoms with Gasteiger partial charge < -0.3 is 15.2 Å². The zero-order valence-corrected chi connectivity index (χ0v) is 14.8. The molecule has 2 aromatic rings. The molecular weight excluding hydrogens is 318 g/mol. The lowest BCUT2D eigenvalue weighted by atomic mass is 10.1. The summed E-state index contributed by atoms with van der Waals surface area (Å²) in [5.74, 6) is 0.624. The van der Waals surface area contributed by atoms with Crippen LogP contribution >= 0.6 is 0 Å². The second kappa shape index (κ2) is 7.04. The van der Waals surface area contributed by atoms with Gasteiger partial charge in [-0.1, -0.05) is 0 Å². The van der Waals surface area contributed by atoms with E-state index < -0.39 is 0 Å². The first-order chi connectivity index (χ1) is 12.0. The van der Waals surface area contributed by atoms with Crippen molar-refractivity contribution < 1.29 is 9.59 Å². The van der Waals surface area contributed by atoms with Crippen molar-refractivity contribution >= 4 is 17.5 Å². The van der Waals surface area contributed by atoms with Gasteiger partial charge in [-0.05, 0) is 51.3 Å². The summed E-state index contributed by atoms with van der Waals surface area (Å²) in [7, 11) is 0. The van der Waals surface area contributed by atoms with Gasteiger partial charge in [-0.15, -0.1) is 5.10 Å². The molecule has 1 fully saturated rings. The SMILES string of the molecule is CC(=O)c1c(C)[nH]c(C(=O)NC[C@@H]2CCCN2c2cccnn2)c1C. The molecule has 7 heteroatoms. The molecule has 7 nitrogen and oxygen atoms in total. The van der Waals surface area contributed by atoms with Crippen LogP contribution in [0.1, 0.15) is 51.9 Å². The zero-order valence-electron chi connectivity index (χ0n) is 14.8. The lowest BCUT2D eigenvalue weighted by Crippen LogP contribution is -2.40. The normalized spacial score (nSPS) is 16.9. The van der Waals surface area contributed by atoms with Crippen LogP contribution in [0.15, 0.2) is 18.3 Å². The molecule has 0 spiro atoms. The van der Waals surface area contributed by atoms with Crippen molar-refractivity contribution in [3.63, 3.8) is 0 Å². The summed E-state index contributed by atoms with van der Waals surface area (Å²) < 4.78 is 0. The Hall–Kier alpha value is -2.70. The number of aromatic nitrogens is 3. The van der Waals surface area contributed by atoms with E-state index >= 15 is 0 Å². The van der Waals surface area contributed by atoms with Crippen LogP contribution in [0.5, 0.6) is 0 Å². The van der Waals surface area contributed by atoms with Crippen LogP contribution in [-0.2, 0) is 0 Å². The highest BCUT2D eigenvalue weighted by molar-refractivity contribution is 6.02. The molecule has 1 saturated heterocycles. The summed E-state index contributed by atoms with van der Waals surface area (Å²) in [5.41, 5.74) is 2.51.